The van der Waals surface area contributed by atoms with Crippen molar-refractivity contribution in [2.75, 3.05) is 20.8 Å². The van der Waals surface area contributed by atoms with Gasteiger partial charge in [0.1, 0.15) is 17.1 Å². The molecule has 28 heavy (non-hydrogen) atoms. The number of methoxy groups -OCH3 is 2. The molecule has 4 N–H and O–H groups in total. The minimum atomic E-state index is -1.02. The van der Waals surface area contributed by atoms with E-state index in [1.165, 1.54) is 14.2 Å². The third kappa shape index (κ3) is 3.20. The SMILES string of the molecule is CCOC(=O)C1=C(N)Oc2[nH]c(=O)[nH]c(=O)c2[C@H]1c1cc(OC)ccc1OC. The summed E-state index contributed by atoms with van der Waals surface area (Å²) < 4.78 is 21.1. The van der Waals surface area contributed by atoms with E-state index in [0.717, 1.165) is 0 Å². The summed E-state index contributed by atoms with van der Waals surface area (Å²) in [6.07, 6.45) is 0. The van der Waals surface area contributed by atoms with Gasteiger partial charge in [-0.2, -0.15) is 0 Å². The summed E-state index contributed by atoms with van der Waals surface area (Å²) in [7, 11) is 2.92. The van der Waals surface area contributed by atoms with Gasteiger partial charge in [0.15, 0.2) is 0 Å². The van der Waals surface area contributed by atoms with Crippen LogP contribution in [0.1, 0.15) is 24.0 Å². The molecular formula is C18H19N3O7. The molecule has 1 aliphatic rings. The summed E-state index contributed by atoms with van der Waals surface area (Å²) in [4.78, 5) is 41.4. The number of H-pyrrole nitrogens is 2. The number of fused-ring (bicyclic) bond motifs is 1. The zero-order valence-electron chi connectivity index (χ0n) is 15.5. The number of ether oxygens (including phenoxy) is 4. The number of carbonyl (C=O) groups excluding carboxylic acids is 1. The van der Waals surface area contributed by atoms with Crippen LogP contribution in [0.4, 0.5) is 0 Å². The number of hydrogen-bond acceptors (Lipinski definition) is 8. The Bertz CT molecular complexity index is 1070. The van der Waals surface area contributed by atoms with Crippen LogP contribution in [-0.4, -0.2) is 36.8 Å². The quantitative estimate of drug-likeness (QED) is 0.621. The monoisotopic (exact) mass is 389 g/mol. The number of rotatable bonds is 5. The van der Waals surface area contributed by atoms with Crippen LogP contribution in [0.2, 0.25) is 0 Å². The average Bonchev–Trinajstić information content (AvgIpc) is 2.66. The van der Waals surface area contributed by atoms with Gasteiger partial charge in [0.25, 0.3) is 5.56 Å². The largest absolute Gasteiger partial charge is 0.497 e. The summed E-state index contributed by atoms with van der Waals surface area (Å²) >= 11 is 0. The van der Waals surface area contributed by atoms with Crippen LogP contribution in [0.5, 0.6) is 17.4 Å². The predicted molar refractivity (Wildman–Crippen MR) is 97.5 cm³/mol. The second-order valence-electron chi connectivity index (χ2n) is 5.79. The first kappa shape index (κ1) is 19.1. The molecule has 1 aliphatic heterocycles. The van der Waals surface area contributed by atoms with E-state index in [0.29, 0.717) is 17.1 Å². The molecule has 2 aromatic rings. The molecule has 10 heteroatoms. The molecule has 1 atom stereocenters. The van der Waals surface area contributed by atoms with Gasteiger partial charge in [-0.3, -0.25) is 14.8 Å². The molecule has 0 saturated heterocycles. The van der Waals surface area contributed by atoms with E-state index in [9.17, 15) is 14.4 Å². The number of nitrogens with two attached hydrogens (primary N) is 1. The summed E-state index contributed by atoms with van der Waals surface area (Å²) in [5.74, 6) is -1.39. The molecule has 10 nitrogen and oxygen atoms in total. The minimum Gasteiger partial charge on any atom is -0.497 e. The smallest absolute Gasteiger partial charge is 0.340 e. The van der Waals surface area contributed by atoms with Gasteiger partial charge in [0, 0.05) is 5.56 Å². The molecular weight excluding hydrogens is 370 g/mol. The number of aromatic amines is 2. The van der Waals surface area contributed by atoms with Crippen molar-refractivity contribution in [3.05, 3.63) is 61.6 Å². The molecule has 1 aromatic heterocycles. The van der Waals surface area contributed by atoms with Gasteiger partial charge in [-0.1, -0.05) is 0 Å². The Balaban J connectivity index is 2.36. The first-order valence-corrected chi connectivity index (χ1v) is 8.34. The van der Waals surface area contributed by atoms with E-state index in [1.54, 1.807) is 25.1 Å². The van der Waals surface area contributed by atoms with Crippen molar-refractivity contribution in [3.8, 4) is 17.4 Å². The molecule has 3 rings (SSSR count). The molecule has 1 aromatic carbocycles. The highest BCUT2D eigenvalue weighted by Gasteiger charge is 2.39. The molecule has 0 spiro atoms. The van der Waals surface area contributed by atoms with E-state index in [2.05, 4.69) is 9.97 Å². The normalized spacial score (nSPS) is 15.5. The number of esters is 1. The lowest BCUT2D eigenvalue weighted by Crippen LogP contribution is -2.36. The highest BCUT2D eigenvalue weighted by molar-refractivity contribution is 5.92. The summed E-state index contributed by atoms with van der Waals surface area (Å²) in [6.45, 7) is 1.73. The lowest BCUT2D eigenvalue weighted by molar-refractivity contribution is -0.139. The maximum absolute atomic E-state index is 12.6. The topological polar surface area (TPSA) is 146 Å². The standard InChI is InChI=1S/C18H19N3O7/c1-4-27-17(23)12-11(9-7-8(25-2)5-6-10(9)26-3)13-15(22)20-18(24)21-16(13)28-14(12)19/h5-7,11H,4,19H2,1-3H3,(H2,20,21,22,24)/t11-/m0/s1. The predicted octanol–water partition coefficient (Wildman–Crippen LogP) is 0.338. The maximum atomic E-state index is 12.6. The van der Waals surface area contributed by atoms with Crippen LogP contribution in [-0.2, 0) is 9.53 Å². The van der Waals surface area contributed by atoms with Crippen molar-refractivity contribution in [1.29, 1.82) is 0 Å². The fraction of sp³-hybridized carbons (Fsp3) is 0.278. The van der Waals surface area contributed by atoms with Crippen molar-refractivity contribution in [2.45, 2.75) is 12.8 Å². The van der Waals surface area contributed by atoms with Crippen molar-refractivity contribution in [2.24, 2.45) is 5.73 Å². The molecule has 0 bridgehead atoms. The van der Waals surface area contributed by atoms with E-state index in [-0.39, 0.29) is 29.5 Å². The second kappa shape index (κ2) is 7.51. The van der Waals surface area contributed by atoms with Gasteiger partial charge in [-0.05, 0) is 25.1 Å². The van der Waals surface area contributed by atoms with E-state index < -0.39 is 23.1 Å². The second-order valence-corrected chi connectivity index (χ2v) is 5.79. The Hall–Kier alpha value is -3.69. The van der Waals surface area contributed by atoms with Gasteiger partial charge in [-0.25, -0.2) is 9.59 Å². The van der Waals surface area contributed by atoms with Gasteiger partial charge in [0.05, 0.1) is 32.3 Å². The van der Waals surface area contributed by atoms with Gasteiger partial charge in [0.2, 0.25) is 11.8 Å². The zero-order chi connectivity index (χ0) is 20.4. The zero-order valence-corrected chi connectivity index (χ0v) is 15.5. The summed E-state index contributed by atoms with van der Waals surface area (Å²) in [5.41, 5.74) is 4.78. The van der Waals surface area contributed by atoms with Gasteiger partial charge in [-0.15, -0.1) is 0 Å². The van der Waals surface area contributed by atoms with Crippen molar-refractivity contribution in [3.63, 3.8) is 0 Å². The number of carbonyl (C=O) groups is 1. The Morgan fingerprint density at radius 3 is 2.61 bits per heavy atom. The van der Waals surface area contributed by atoms with Crippen LogP contribution >= 0.6 is 0 Å². The number of aromatic nitrogens is 2. The van der Waals surface area contributed by atoms with E-state index in [1.807, 2.05) is 0 Å². The molecule has 0 unspecified atom stereocenters. The molecule has 0 fully saturated rings. The molecule has 0 saturated carbocycles. The summed E-state index contributed by atoms with van der Waals surface area (Å²) in [6, 6.07) is 4.90. The molecule has 0 aliphatic carbocycles. The number of nitrogens with one attached hydrogen (secondary N) is 2. The van der Waals surface area contributed by atoms with Crippen LogP contribution in [0.3, 0.4) is 0 Å². The highest BCUT2D eigenvalue weighted by atomic mass is 16.5. The first-order chi connectivity index (χ1) is 13.4. The Labute approximate surface area is 158 Å². The third-order valence-electron chi connectivity index (χ3n) is 4.24. The van der Waals surface area contributed by atoms with Crippen LogP contribution in [0.15, 0.2) is 39.2 Å². The van der Waals surface area contributed by atoms with Crippen LogP contribution < -0.4 is 31.2 Å². The third-order valence-corrected chi connectivity index (χ3v) is 4.24. The summed E-state index contributed by atoms with van der Waals surface area (Å²) in [5, 5.41) is 0. The van der Waals surface area contributed by atoms with Gasteiger partial charge >= 0.3 is 11.7 Å². The van der Waals surface area contributed by atoms with Gasteiger partial charge < -0.3 is 24.7 Å². The van der Waals surface area contributed by atoms with E-state index in [4.69, 9.17) is 24.7 Å². The lowest BCUT2D eigenvalue weighted by Gasteiger charge is -2.28. The fourth-order valence-electron chi connectivity index (χ4n) is 3.07. The Morgan fingerprint density at radius 1 is 1.21 bits per heavy atom. The Kier molecular flexibility index (Phi) is 5.12. The first-order valence-electron chi connectivity index (χ1n) is 8.34. The van der Waals surface area contributed by atoms with Crippen molar-refractivity contribution < 1.29 is 23.7 Å². The number of benzene rings is 1. The number of hydrogen-bond donors (Lipinski definition) is 3. The molecule has 0 amide bonds. The van der Waals surface area contributed by atoms with Crippen LogP contribution in [0.25, 0.3) is 0 Å². The minimum absolute atomic E-state index is 0.0107. The van der Waals surface area contributed by atoms with Crippen molar-refractivity contribution >= 4 is 5.97 Å². The molecule has 0 radical (unpaired) electrons. The maximum Gasteiger partial charge on any atom is 0.340 e. The van der Waals surface area contributed by atoms with Crippen molar-refractivity contribution in [1.82, 2.24) is 9.97 Å². The molecule has 148 valence electrons. The highest BCUT2D eigenvalue weighted by Crippen LogP contribution is 2.43. The lowest BCUT2D eigenvalue weighted by atomic mass is 9.83. The van der Waals surface area contributed by atoms with Crippen LogP contribution in [0, 0.1) is 0 Å². The Morgan fingerprint density at radius 2 is 1.96 bits per heavy atom. The molecule has 2 heterocycles. The fourth-order valence-corrected chi connectivity index (χ4v) is 3.07. The average molecular weight is 389 g/mol. The van der Waals surface area contributed by atoms with E-state index >= 15 is 0 Å².